The molecule has 9 heteroatoms. The number of hydrogen-bond donors (Lipinski definition) is 2. The molecule has 0 atom stereocenters. The van der Waals surface area contributed by atoms with E-state index in [0.29, 0.717) is 24.4 Å². The second kappa shape index (κ2) is 43.5. The van der Waals surface area contributed by atoms with Gasteiger partial charge in [0.15, 0.2) is 0 Å². The van der Waals surface area contributed by atoms with Crippen LogP contribution in [-0.2, 0) is 14.3 Å². The first-order chi connectivity index (χ1) is 30.9. The molecule has 1 aliphatic rings. The Morgan fingerprint density at radius 2 is 1.00 bits per heavy atom. The SMILES string of the molecule is CCCCCCCCCOC(=O)CCCCCCCN(CCCCCCCC(CCCCCCCC)CCCCCCCC)CCCNc1c(N2CCCCC2)c(=O)c1=O.O=CO. The third-order valence-corrected chi connectivity index (χ3v) is 13.4. The van der Waals surface area contributed by atoms with Gasteiger partial charge in [0.25, 0.3) is 17.3 Å². The molecule has 0 radical (unpaired) electrons. The van der Waals surface area contributed by atoms with Gasteiger partial charge in [-0.1, -0.05) is 201 Å². The predicted molar refractivity (Wildman–Crippen MR) is 269 cm³/mol. The zero-order chi connectivity index (χ0) is 45.9. The zero-order valence-electron chi connectivity index (χ0n) is 41.7. The Hall–Kier alpha value is -2.42. The van der Waals surface area contributed by atoms with Crippen molar-refractivity contribution in [3.05, 3.63) is 20.4 Å². The number of nitrogens with one attached hydrogen (secondary N) is 1. The molecule has 0 saturated carbocycles. The van der Waals surface area contributed by atoms with Gasteiger partial charge in [-0.2, -0.15) is 0 Å². The Balaban J connectivity index is 0.00000642. The Morgan fingerprint density at radius 3 is 1.49 bits per heavy atom. The first kappa shape index (κ1) is 58.6. The lowest BCUT2D eigenvalue weighted by molar-refractivity contribution is -0.143. The third kappa shape index (κ3) is 32.0. The van der Waals surface area contributed by atoms with Crippen LogP contribution in [0.1, 0.15) is 258 Å². The van der Waals surface area contributed by atoms with E-state index in [9.17, 15) is 14.4 Å². The number of carboxylic acid groups (broad SMARTS) is 1. The van der Waals surface area contributed by atoms with E-state index in [0.717, 1.165) is 83.7 Å². The van der Waals surface area contributed by atoms with Crippen molar-refractivity contribution in [2.45, 2.75) is 258 Å². The molecule has 0 unspecified atom stereocenters. The summed E-state index contributed by atoms with van der Waals surface area (Å²) in [7, 11) is 0. The van der Waals surface area contributed by atoms with Gasteiger partial charge in [0.05, 0.1) is 6.61 Å². The van der Waals surface area contributed by atoms with Gasteiger partial charge >= 0.3 is 5.97 Å². The minimum absolute atomic E-state index is 0.0197. The van der Waals surface area contributed by atoms with Crippen LogP contribution in [0.5, 0.6) is 0 Å². The van der Waals surface area contributed by atoms with Crippen LogP contribution in [0.2, 0.25) is 0 Å². The topological polar surface area (TPSA) is 116 Å². The fourth-order valence-corrected chi connectivity index (χ4v) is 9.43. The number of carbonyl (C=O) groups is 2. The summed E-state index contributed by atoms with van der Waals surface area (Å²) in [5.41, 5.74) is 0.586. The summed E-state index contributed by atoms with van der Waals surface area (Å²) < 4.78 is 5.49. The van der Waals surface area contributed by atoms with Crippen LogP contribution >= 0.6 is 0 Å². The van der Waals surface area contributed by atoms with E-state index < -0.39 is 0 Å². The van der Waals surface area contributed by atoms with E-state index >= 15 is 0 Å². The van der Waals surface area contributed by atoms with Gasteiger partial charge in [0, 0.05) is 26.1 Å². The van der Waals surface area contributed by atoms with Crippen LogP contribution in [0.25, 0.3) is 0 Å². The van der Waals surface area contributed by atoms with E-state index in [1.165, 1.54) is 193 Å². The van der Waals surface area contributed by atoms with Crippen LogP contribution in [-0.4, -0.2) is 68.3 Å². The number of ether oxygens (including phenoxy) is 1. The van der Waals surface area contributed by atoms with Gasteiger partial charge in [0.2, 0.25) is 0 Å². The highest BCUT2D eigenvalue weighted by molar-refractivity contribution is 5.75. The van der Waals surface area contributed by atoms with Gasteiger partial charge in [-0.3, -0.25) is 19.2 Å². The maximum absolute atomic E-state index is 12.5. The predicted octanol–water partition coefficient (Wildman–Crippen LogP) is 14.2. The number of piperidine rings is 1. The molecular weight excluding hydrogens is 787 g/mol. The molecule has 0 amide bonds. The summed E-state index contributed by atoms with van der Waals surface area (Å²) in [6.45, 7) is 13.0. The van der Waals surface area contributed by atoms with Crippen molar-refractivity contribution in [1.82, 2.24) is 4.90 Å². The monoisotopic (exact) mass is 888 g/mol. The molecule has 1 aromatic rings. The van der Waals surface area contributed by atoms with Gasteiger partial charge < -0.3 is 25.0 Å². The lowest BCUT2D eigenvalue weighted by Crippen LogP contribution is -2.44. The lowest BCUT2D eigenvalue weighted by Gasteiger charge is -2.31. The van der Waals surface area contributed by atoms with Crippen molar-refractivity contribution in [3.63, 3.8) is 0 Å². The van der Waals surface area contributed by atoms with Gasteiger partial charge in [-0.05, 0) is 76.9 Å². The smallest absolute Gasteiger partial charge is 0.305 e. The molecule has 63 heavy (non-hydrogen) atoms. The normalized spacial score (nSPS) is 12.9. The number of anilines is 2. The molecule has 1 aliphatic heterocycles. The highest BCUT2D eigenvalue weighted by atomic mass is 16.5. The fourth-order valence-electron chi connectivity index (χ4n) is 9.43. The standard InChI is InChI=1S/C53H99N3O4.CH2O2/c1-4-7-10-13-16-25-35-47-60-49(57)40-30-22-18-24-32-43-55(44-36-41-54-50-51(53(59)52(50)58)56-45-33-26-34-46-56)42-31-23-17-21-29-39-48(37-27-19-14-11-8-5-2)38-28-20-15-12-9-6-3;2-1-3/h48,54H,4-47H2,1-3H3;1H,(H,2,3). The van der Waals surface area contributed by atoms with Crippen molar-refractivity contribution in [2.24, 2.45) is 5.92 Å². The van der Waals surface area contributed by atoms with Crippen molar-refractivity contribution in [2.75, 3.05) is 56.1 Å². The molecule has 0 aliphatic carbocycles. The minimum atomic E-state index is -0.329. The van der Waals surface area contributed by atoms with Crippen molar-refractivity contribution in [3.8, 4) is 0 Å². The molecule has 1 fully saturated rings. The number of hydrogen-bond acceptors (Lipinski definition) is 8. The Morgan fingerprint density at radius 1 is 0.587 bits per heavy atom. The Labute approximate surface area is 387 Å². The molecule has 1 aromatic carbocycles. The van der Waals surface area contributed by atoms with Crippen LogP contribution in [0.4, 0.5) is 11.4 Å². The maximum Gasteiger partial charge on any atom is 0.305 e. The molecule has 9 nitrogen and oxygen atoms in total. The first-order valence-corrected chi connectivity index (χ1v) is 27.2. The zero-order valence-corrected chi connectivity index (χ0v) is 41.7. The maximum atomic E-state index is 12.5. The van der Waals surface area contributed by atoms with E-state index in [1.807, 2.05) is 0 Å². The summed E-state index contributed by atoms with van der Waals surface area (Å²) in [6, 6.07) is 0. The largest absolute Gasteiger partial charge is 0.483 e. The Bertz CT molecular complexity index is 1230. The van der Waals surface area contributed by atoms with Gasteiger partial charge in [-0.25, -0.2) is 0 Å². The van der Waals surface area contributed by atoms with Crippen LogP contribution < -0.4 is 21.1 Å². The minimum Gasteiger partial charge on any atom is -0.483 e. The Kier molecular flexibility index (Phi) is 40.4. The van der Waals surface area contributed by atoms with E-state index in [2.05, 4.69) is 35.9 Å². The molecule has 2 N–H and O–H groups in total. The molecule has 368 valence electrons. The molecule has 2 rings (SSSR count). The van der Waals surface area contributed by atoms with E-state index in [-0.39, 0.29) is 23.3 Å². The van der Waals surface area contributed by atoms with Crippen LogP contribution in [0.15, 0.2) is 9.59 Å². The van der Waals surface area contributed by atoms with E-state index in [1.54, 1.807) is 0 Å². The number of rotatable bonds is 44. The average molecular weight is 888 g/mol. The highest BCUT2D eigenvalue weighted by Gasteiger charge is 2.26. The summed E-state index contributed by atoms with van der Waals surface area (Å²) in [5.74, 6) is 0.925. The lowest BCUT2D eigenvalue weighted by atomic mass is 9.89. The second-order valence-corrected chi connectivity index (χ2v) is 19.1. The quantitative estimate of drug-likeness (QED) is 0.0286. The van der Waals surface area contributed by atoms with Crippen molar-refractivity contribution < 1.29 is 19.4 Å². The van der Waals surface area contributed by atoms with E-state index in [4.69, 9.17) is 14.6 Å². The van der Waals surface area contributed by atoms with Gasteiger partial charge in [0.1, 0.15) is 11.4 Å². The summed E-state index contributed by atoms with van der Waals surface area (Å²) in [6.07, 6.45) is 47.2. The molecule has 0 spiro atoms. The highest BCUT2D eigenvalue weighted by Crippen LogP contribution is 2.26. The fraction of sp³-hybridized carbons (Fsp3) is 0.889. The van der Waals surface area contributed by atoms with Crippen LogP contribution in [0, 0.1) is 5.92 Å². The average Bonchev–Trinajstić information content (AvgIpc) is 3.29. The van der Waals surface area contributed by atoms with Crippen LogP contribution in [0.3, 0.4) is 0 Å². The summed E-state index contributed by atoms with van der Waals surface area (Å²) >= 11 is 0. The number of nitrogens with zero attached hydrogens (tertiary/aromatic N) is 2. The molecule has 1 saturated heterocycles. The van der Waals surface area contributed by atoms with Gasteiger partial charge in [-0.15, -0.1) is 0 Å². The third-order valence-electron chi connectivity index (χ3n) is 13.4. The first-order valence-electron chi connectivity index (χ1n) is 27.2. The number of unbranched alkanes of at least 4 members (excludes halogenated alkanes) is 24. The summed E-state index contributed by atoms with van der Waals surface area (Å²) in [4.78, 5) is 50.3. The number of carbonyl (C=O) groups excluding carboxylic acids is 1. The molecule has 0 bridgehead atoms. The number of esters is 1. The van der Waals surface area contributed by atoms with Crippen molar-refractivity contribution >= 4 is 23.8 Å². The molecule has 1 heterocycles. The second-order valence-electron chi connectivity index (χ2n) is 19.1. The summed E-state index contributed by atoms with van der Waals surface area (Å²) in [5, 5.41) is 10.3. The molecule has 0 aromatic heterocycles. The van der Waals surface area contributed by atoms with Crippen molar-refractivity contribution in [1.29, 1.82) is 0 Å². The molecular formula is C54H101N3O6.